The first kappa shape index (κ1) is 18.6. The van der Waals surface area contributed by atoms with Crippen LogP contribution < -0.4 is 0 Å². The van der Waals surface area contributed by atoms with Gasteiger partial charge in [0.05, 0.1) is 12.2 Å². The van der Waals surface area contributed by atoms with Gasteiger partial charge in [0.1, 0.15) is 5.78 Å². The highest BCUT2D eigenvalue weighted by Gasteiger charge is 2.28. The molecule has 1 aromatic carbocycles. The summed E-state index contributed by atoms with van der Waals surface area (Å²) in [4.78, 5) is 12.4. The molecule has 0 heterocycles. The van der Waals surface area contributed by atoms with Crippen molar-refractivity contribution in [3.05, 3.63) is 48.0 Å². The Morgan fingerprint density at radius 3 is 2.27 bits per heavy atom. The summed E-state index contributed by atoms with van der Waals surface area (Å²) in [5.74, 6) is 0.455. The summed E-state index contributed by atoms with van der Waals surface area (Å²) in [7, 11) is 0. The summed E-state index contributed by atoms with van der Waals surface area (Å²) in [5, 5.41) is 0. The van der Waals surface area contributed by atoms with E-state index in [0.717, 1.165) is 5.56 Å². The molecule has 3 atom stereocenters. The maximum Gasteiger partial charge on any atom is 0.140 e. The van der Waals surface area contributed by atoms with Gasteiger partial charge < -0.3 is 4.74 Å². The largest absolute Gasteiger partial charge is 0.370 e. The number of carbonyl (C=O) groups excluding carboxylic acids is 1. The van der Waals surface area contributed by atoms with Crippen molar-refractivity contribution >= 4 is 5.78 Å². The van der Waals surface area contributed by atoms with E-state index in [2.05, 4.69) is 25.1 Å². The first-order valence-corrected chi connectivity index (χ1v) is 8.12. The van der Waals surface area contributed by atoms with Crippen LogP contribution in [0.25, 0.3) is 0 Å². The van der Waals surface area contributed by atoms with Gasteiger partial charge in [-0.1, -0.05) is 70.2 Å². The van der Waals surface area contributed by atoms with Crippen LogP contribution in [0.5, 0.6) is 0 Å². The molecule has 0 aliphatic rings. The number of hydrogen-bond acceptors (Lipinski definition) is 2. The Morgan fingerprint density at radius 2 is 1.77 bits per heavy atom. The van der Waals surface area contributed by atoms with E-state index >= 15 is 0 Å². The van der Waals surface area contributed by atoms with Gasteiger partial charge in [0.2, 0.25) is 0 Å². The minimum absolute atomic E-state index is 0.0216. The van der Waals surface area contributed by atoms with Gasteiger partial charge >= 0.3 is 0 Å². The average Bonchev–Trinajstić information content (AvgIpc) is 2.46. The molecule has 22 heavy (non-hydrogen) atoms. The fourth-order valence-corrected chi connectivity index (χ4v) is 2.34. The summed E-state index contributed by atoms with van der Waals surface area (Å²) in [6, 6.07) is 10.2. The van der Waals surface area contributed by atoms with E-state index in [1.807, 2.05) is 58.9 Å². The van der Waals surface area contributed by atoms with E-state index in [0.29, 0.717) is 6.42 Å². The van der Waals surface area contributed by atoms with Crippen molar-refractivity contribution < 1.29 is 9.53 Å². The molecule has 0 unspecified atom stereocenters. The summed E-state index contributed by atoms with van der Waals surface area (Å²) < 4.78 is 6.24. The van der Waals surface area contributed by atoms with Crippen LogP contribution in [-0.2, 0) is 9.53 Å². The molecule has 122 valence electrons. The molecule has 0 aromatic heterocycles. The van der Waals surface area contributed by atoms with Gasteiger partial charge in [-0.05, 0) is 19.4 Å². The number of hydrogen-bond donors (Lipinski definition) is 0. The average molecular weight is 302 g/mol. The molecule has 0 aliphatic heterocycles. The van der Waals surface area contributed by atoms with Gasteiger partial charge in [0.15, 0.2) is 0 Å². The highest BCUT2D eigenvalue weighted by Crippen LogP contribution is 2.27. The zero-order valence-electron chi connectivity index (χ0n) is 14.8. The van der Waals surface area contributed by atoms with Crippen molar-refractivity contribution in [3.8, 4) is 0 Å². The van der Waals surface area contributed by atoms with E-state index in [9.17, 15) is 4.79 Å². The molecule has 0 aliphatic carbocycles. The molecule has 0 saturated carbocycles. The highest BCUT2D eigenvalue weighted by molar-refractivity contribution is 5.84. The maximum absolute atomic E-state index is 12.4. The molecular formula is C20H30O2. The minimum Gasteiger partial charge on any atom is -0.370 e. The van der Waals surface area contributed by atoms with Crippen LogP contribution in [-0.4, -0.2) is 11.9 Å². The normalized spacial score (nSPS) is 16.5. The number of ether oxygens (including phenoxy) is 1. The Hall–Kier alpha value is -1.41. The highest BCUT2D eigenvalue weighted by atomic mass is 16.5. The molecular weight excluding hydrogens is 272 g/mol. The van der Waals surface area contributed by atoms with Crippen LogP contribution in [0.2, 0.25) is 0 Å². The van der Waals surface area contributed by atoms with Gasteiger partial charge in [-0.25, -0.2) is 0 Å². The fourth-order valence-electron chi connectivity index (χ4n) is 2.34. The second-order valence-electron chi connectivity index (χ2n) is 6.99. The second kappa shape index (κ2) is 8.28. The quantitative estimate of drug-likeness (QED) is 0.635. The molecule has 0 fully saturated rings. The Balaban J connectivity index is 2.84. The Bertz CT molecular complexity index is 482. The number of benzene rings is 1. The third-order valence-corrected chi connectivity index (χ3v) is 3.95. The lowest BCUT2D eigenvalue weighted by atomic mass is 9.85. The molecule has 2 nitrogen and oxygen atoms in total. The molecule has 2 heteroatoms. The van der Waals surface area contributed by atoms with Gasteiger partial charge in [-0.3, -0.25) is 4.79 Å². The lowest BCUT2D eigenvalue weighted by Gasteiger charge is -2.28. The lowest BCUT2D eigenvalue weighted by molar-refractivity contribution is -0.131. The third-order valence-electron chi connectivity index (χ3n) is 3.95. The standard InChI is InChI=1S/C20H30O2/c1-7-11-15(2)18(14-19(21)20(4,5)6)22-16(3)17-12-9-8-10-13-17/h7-13,15-16,18H,14H2,1-6H3/b11-7+/t15-,16+,18+/m1/s1. The Morgan fingerprint density at radius 1 is 1.18 bits per heavy atom. The second-order valence-corrected chi connectivity index (χ2v) is 6.99. The maximum atomic E-state index is 12.4. The first-order valence-electron chi connectivity index (χ1n) is 8.12. The van der Waals surface area contributed by atoms with E-state index < -0.39 is 0 Å². The molecule has 0 radical (unpaired) electrons. The van der Waals surface area contributed by atoms with Gasteiger partial charge in [-0.2, -0.15) is 0 Å². The van der Waals surface area contributed by atoms with Crippen LogP contribution >= 0.6 is 0 Å². The van der Waals surface area contributed by atoms with Crippen molar-refractivity contribution in [1.82, 2.24) is 0 Å². The molecule has 0 bridgehead atoms. The Kier molecular flexibility index (Phi) is 7.02. The monoisotopic (exact) mass is 302 g/mol. The molecule has 0 amide bonds. The summed E-state index contributed by atoms with van der Waals surface area (Å²) in [5.41, 5.74) is 0.816. The number of carbonyl (C=O) groups is 1. The van der Waals surface area contributed by atoms with Crippen molar-refractivity contribution in [2.75, 3.05) is 0 Å². The van der Waals surface area contributed by atoms with Crippen molar-refractivity contribution in [3.63, 3.8) is 0 Å². The lowest BCUT2D eigenvalue weighted by Crippen LogP contribution is -2.30. The minimum atomic E-state index is -0.326. The van der Waals surface area contributed by atoms with Crippen LogP contribution in [0.3, 0.4) is 0 Å². The molecule has 0 spiro atoms. The van der Waals surface area contributed by atoms with Crippen molar-refractivity contribution in [2.45, 2.75) is 60.2 Å². The number of ketones is 1. The summed E-state index contributed by atoms with van der Waals surface area (Å²) in [6.45, 7) is 12.1. The molecule has 1 aromatic rings. The smallest absolute Gasteiger partial charge is 0.140 e. The van der Waals surface area contributed by atoms with E-state index in [1.165, 1.54) is 0 Å². The van der Waals surface area contributed by atoms with Crippen molar-refractivity contribution in [2.24, 2.45) is 11.3 Å². The zero-order valence-corrected chi connectivity index (χ0v) is 14.8. The SMILES string of the molecule is C/C=C/[C@@H](C)[C@H](CC(=O)C(C)(C)C)O[C@@H](C)c1ccccc1. The molecule has 0 N–H and O–H groups in total. The van der Waals surface area contributed by atoms with Crippen LogP contribution in [0, 0.1) is 11.3 Å². The van der Waals surface area contributed by atoms with Gasteiger partial charge in [0, 0.05) is 17.8 Å². The summed E-state index contributed by atoms with van der Waals surface area (Å²) >= 11 is 0. The topological polar surface area (TPSA) is 26.3 Å². The van der Waals surface area contributed by atoms with E-state index in [4.69, 9.17) is 4.74 Å². The van der Waals surface area contributed by atoms with Gasteiger partial charge in [-0.15, -0.1) is 0 Å². The van der Waals surface area contributed by atoms with Gasteiger partial charge in [0.25, 0.3) is 0 Å². The zero-order chi connectivity index (χ0) is 16.8. The van der Waals surface area contributed by atoms with Crippen LogP contribution in [0.1, 0.15) is 59.6 Å². The Labute approximate surface area is 135 Å². The molecule has 0 saturated heterocycles. The molecule has 1 rings (SSSR count). The summed E-state index contributed by atoms with van der Waals surface area (Å²) in [6.07, 6.45) is 4.46. The van der Waals surface area contributed by atoms with Crippen LogP contribution in [0.4, 0.5) is 0 Å². The predicted octanol–water partition coefficient (Wildman–Crippen LogP) is 5.35. The third kappa shape index (κ3) is 5.76. The number of allylic oxidation sites excluding steroid dienone is 1. The van der Waals surface area contributed by atoms with Crippen molar-refractivity contribution in [1.29, 1.82) is 0 Å². The predicted molar refractivity (Wildman–Crippen MR) is 92.8 cm³/mol. The fraction of sp³-hybridized carbons (Fsp3) is 0.550. The van der Waals surface area contributed by atoms with E-state index in [1.54, 1.807) is 0 Å². The van der Waals surface area contributed by atoms with Crippen LogP contribution in [0.15, 0.2) is 42.5 Å². The first-order chi connectivity index (χ1) is 10.3. The number of Topliss-reactive ketones (excluding diaryl/α,β-unsaturated/α-hetero) is 1. The van der Waals surface area contributed by atoms with E-state index in [-0.39, 0.29) is 29.3 Å². The number of rotatable bonds is 7.